The van der Waals surface area contributed by atoms with Crippen molar-refractivity contribution in [1.29, 1.82) is 0 Å². The fourth-order valence-corrected chi connectivity index (χ4v) is 1.46. The largest absolute Gasteiger partial charge is 0.424 e. The van der Waals surface area contributed by atoms with Crippen LogP contribution in [0.4, 0.5) is 11.7 Å². The fraction of sp³-hybridized carbons (Fsp3) is 0.462. The maximum absolute atomic E-state index is 5.70. The zero-order valence-electron chi connectivity index (χ0n) is 10.6. The van der Waals surface area contributed by atoms with E-state index in [2.05, 4.69) is 31.1 Å². The first-order valence-corrected chi connectivity index (χ1v) is 5.90. The van der Waals surface area contributed by atoms with Gasteiger partial charge in [0.2, 0.25) is 0 Å². The molecule has 17 heavy (non-hydrogen) atoms. The van der Waals surface area contributed by atoms with E-state index in [-0.39, 0.29) is 5.41 Å². The summed E-state index contributed by atoms with van der Waals surface area (Å²) in [6.07, 6.45) is 1.10. The number of nitrogen functional groups attached to an aromatic ring is 1. The van der Waals surface area contributed by atoms with Gasteiger partial charge in [-0.25, -0.2) is 0 Å². The smallest absolute Gasteiger partial charge is 0.295 e. The molecule has 1 aromatic carbocycles. The van der Waals surface area contributed by atoms with Gasteiger partial charge in [-0.15, -0.1) is 0 Å². The van der Waals surface area contributed by atoms with Gasteiger partial charge in [-0.3, -0.25) is 0 Å². The minimum Gasteiger partial charge on any atom is -0.424 e. The molecule has 2 aromatic rings. The van der Waals surface area contributed by atoms with Crippen LogP contribution in [0.15, 0.2) is 22.6 Å². The first kappa shape index (κ1) is 11.8. The highest BCUT2D eigenvalue weighted by atomic mass is 16.4. The van der Waals surface area contributed by atoms with Crippen molar-refractivity contribution in [3.05, 3.63) is 18.2 Å². The van der Waals surface area contributed by atoms with Gasteiger partial charge in [0.05, 0.1) is 0 Å². The number of benzene rings is 1. The van der Waals surface area contributed by atoms with Gasteiger partial charge in [0, 0.05) is 12.2 Å². The Morgan fingerprint density at radius 2 is 2.18 bits per heavy atom. The SMILES string of the molecule is CCC(C)(C)CNc1nc2cc(N)ccc2o1. The van der Waals surface area contributed by atoms with Crippen molar-refractivity contribution in [3.63, 3.8) is 0 Å². The van der Waals surface area contributed by atoms with Crippen LogP contribution in [0, 0.1) is 5.41 Å². The molecule has 92 valence electrons. The van der Waals surface area contributed by atoms with Gasteiger partial charge in [0.25, 0.3) is 6.01 Å². The minimum atomic E-state index is 0.236. The van der Waals surface area contributed by atoms with E-state index in [9.17, 15) is 0 Å². The average Bonchev–Trinajstić information content (AvgIpc) is 2.68. The van der Waals surface area contributed by atoms with Gasteiger partial charge >= 0.3 is 0 Å². The van der Waals surface area contributed by atoms with Gasteiger partial charge in [0.15, 0.2) is 5.58 Å². The molecule has 0 aliphatic carbocycles. The Hall–Kier alpha value is -1.71. The molecule has 0 unspecified atom stereocenters. The monoisotopic (exact) mass is 233 g/mol. The lowest BCUT2D eigenvalue weighted by Crippen LogP contribution is -2.22. The number of nitrogens with one attached hydrogen (secondary N) is 1. The number of rotatable bonds is 4. The topological polar surface area (TPSA) is 64.1 Å². The van der Waals surface area contributed by atoms with E-state index < -0.39 is 0 Å². The minimum absolute atomic E-state index is 0.236. The van der Waals surface area contributed by atoms with Crippen LogP contribution in [0.3, 0.4) is 0 Å². The van der Waals surface area contributed by atoms with Gasteiger partial charge in [-0.1, -0.05) is 20.8 Å². The third-order valence-corrected chi connectivity index (χ3v) is 3.09. The van der Waals surface area contributed by atoms with E-state index in [0.29, 0.717) is 11.7 Å². The summed E-state index contributed by atoms with van der Waals surface area (Å²) in [6.45, 7) is 7.43. The lowest BCUT2D eigenvalue weighted by molar-refractivity contribution is 0.373. The molecule has 4 nitrogen and oxygen atoms in total. The summed E-state index contributed by atoms with van der Waals surface area (Å²) >= 11 is 0. The zero-order chi connectivity index (χ0) is 12.5. The summed E-state index contributed by atoms with van der Waals surface area (Å²) in [5.41, 5.74) is 8.19. The maximum Gasteiger partial charge on any atom is 0.295 e. The lowest BCUT2D eigenvalue weighted by atomic mass is 9.90. The molecule has 0 spiro atoms. The summed E-state index contributed by atoms with van der Waals surface area (Å²) < 4.78 is 5.59. The molecule has 0 amide bonds. The van der Waals surface area contributed by atoms with Crippen molar-refractivity contribution in [2.75, 3.05) is 17.6 Å². The molecule has 0 atom stereocenters. The summed E-state index contributed by atoms with van der Waals surface area (Å²) in [4.78, 5) is 4.35. The highest BCUT2D eigenvalue weighted by molar-refractivity contribution is 5.78. The zero-order valence-corrected chi connectivity index (χ0v) is 10.6. The highest BCUT2D eigenvalue weighted by Crippen LogP contribution is 2.24. The van der Waals surface area contributed by atoms with Crippen LogP contribution in [0.25, 0.3) is 11.1 Å². The molecule has 3 N–H and O–H groups in total. The third kappa shape index (κ3) is 2.70. The first-order chi connectivity index (χ1) is 8.00. The molecule has 1 heterocycles. The molecule has 0 bridgehead atoms. The van der Waals surface area contributed by atoms with E-state index in [1.54, 1.807) is 0 Å². The second kappa shape index (κ2) is 4.28. The van der Waals surface area contributed by atoms with Crippen LogP contribution in [-0.4, -0.2) is 11.5 Å². The first-order valence-electron chi connectivity index (χ1n) is 5.90. The van der Waals surface area contributed by atoms with Crippen LogP contribution >= 0.6 is 0 Å². The molecule has 4 heteroatoms. The predicted octanol–water partition coefficient (Wildman–Crippen LogP) is 3.26. The lowest BCUT2D eigenvalue weighted by Gasteiger charge is -2.21. The number of anilines is 2. The number of oxazole rings is 1. The Kier molecular flexibility index (Phi) is 2.96. The predicted molar refractivity (Wildman–Crippen MR) is 71.0 cm³/mol. The average molecular weight is 233 g/mol. The fourth-order valence-electron chi connectivity index (χ4n) is 1.46. The Morgan fingerprint density at radius 3 is 2.88 bits per heavy atom. The molecule has 0 saturated heterocycles. The van der Waals surface area contributed by atoms with Crippen molar-refractivity contribution in [2.45, 2.75) is 27.2 Å². The summed E-state index contributed by atoms with van der Waals surface area (Å²) in [6, 6.07) is 6.03. The van der Waals surface area contributed by atoms with E-state index in [1.807, 2.05) is 18.2 Å². The van der Waals surface area contributed by atoms with Crippen LogP contribution in [-0.2, 0) is 0 Å². The number of nitrogens with two attached hydrogens (primary N) is 1. The number of fused-ring (bicyclic) bond motifs is 1. The summed E-state index contributed by atoms with van der Waals surface area (Å²) in [5, 5.41) is 3.23. The Balaban J connectivity index is 2.15. The highest BCUT2D eigenvalue weighted by Gasteiger charge is 2.16. The van der Waals surface area contributed by atoms with Gasteiger partial charge in [-0.2, -0.15) is 4.98 Å². The molecule has 2 rings (SSSR count). The van der Waals surface area contributed by atoms with Crippen LogP contribution in [0.1, 0.15) is 27.2 Å². The second-order valence-corrected chi connectivity index (χ2v) is 5.12. The molecular weight excluding hydrogens is 214 g/mol. The summed E-state index contributed by atoms with van der Waals surface area (Å²) in [5.74, 6) is 0. The maximum atomic E-state index is 5.70. The second-order valence-electron chi connectivity index (χ2n) is 5.12. The standard InChI is InChI=1S/C13H19N3O/c1-4-13(2,3)8-15-12-16-10-7-9(14)5-6-11(10)17-12/h5-7H,4,8,14H2,1-3H3,(H,15,16). The quantitative estimate of drug-likeness (QED) is 0.795. The van der Waals surface area contributed by atoms with E-state index in [0.717, 1.165) is 24.1 Å². The molecule has 0 aliphatic rings. The number of hydrogen-bond acceptors (Lipinski definition) is 4. The van der Waals surface area contributed by atoms with Gasteiger partial charge in [0.1, 0.15) is 5.52 Å². The normalized spacial score (nSPS) is 11.9. The van der Waals surface area contributed by atoms with Crippen LogP contribution in [0.2, 0.25) is 0 Å². The van der Waals surface area contributed by atoms with Crippen molar-refractivity contribution in [2.24, 2.45) is 5.41 Å². The van der Waals surface area contributed by atoms with Gasteiger partial charge in [-0.05, 0) is 30.0 Å². The molecule has 0 aliphatic heterocycles. The molecular formula is C13H19N3O. The Morgan fingerprint density at radius 1 is 1.41 bits per heavy atom. The van der Waals surface area contributed by atoms with E-state index >= 15 is 0 Å². The van der Waals surface area contributed by atoms with Crippen molar-refractivity contribution >= 4 is 22.8 Å². The Bertz CT molecular complexity index is 516. The number of aromatic nitrogens is 1. The number of nitrogens with zero attached hydrogens (tertiary/aromatic N) is 1. The van der Waals surface area contributed by atoms with Gasteiger partial charge < -0.3 is 15.5 Å². The number of hydrogen-bond donors (Lipinski definition) is 2. The van der Waals surface area contributed by atoms with Crippen LogP contribution < -0.4 is 11.1 Å². The molecule has 1 aromatic heterocycles. The third-order valence-electron chi connectivity index (χ3n) is 3.09. The molecule has 0 radical (unpaired) electrons. The molecule has 0 saturated carbocycles. The van der Waals surface area contributed by atoms with Crippen LogP contribution in [0.5, 0.6) is 0 Å². The van der Waals surface area contributed by atoms with E-state index in [1.165, 1.54) is 0 Å². The van der Waals surface area contributed by atoms with Crippen molar-refractivity contribution in [3.8, 4) is 0 Å². The summed E-state index contributed by atoms with van der Waals surface area (Å²) in [7, 11) is 0. The Labute approximate surface area is 101 Å². The van der Waals surface area contributed by atoms with Crippen molar-refractivity contribution < 1.29 is 4.42 Å². The van der Waals surface area contributed by atoms with Crippen molar-refractivity contribution in [1.82, 2.24) is 4.98 Å². The molecule has 0 fully saturated rings. The van der Waals surface area contributed by atoms with E-state index in [4.69, 9.17) is 10.2 Å².